The summed E-state index contributed by atoms with van der Waals surface area (Å²) in [4.78, 5) is 22.6. The van der Waals surface area contributed by atoms with Crippen LogP contribution >= 0.6 is 0 Å². The van der Waals surface area contributed by atoms with E-state index in [0.717, 1.165) is 0 Å². The Bertz CT molecular complexity index is 579. The van der Waals surface area contributed by atoms with E-state index in [1.54, 1.807) is 24.3 Å². The number of nitrogens with zero attached hydrogens (tertiary/aromatic N) is 1. The Labute approximate surface area is 122 Å². The molecule has 0 aromatic heterocycles. The van der Waals surface area contributed by atoms with E-state index in [0.29, 0.717) is 37.3 Å². The van der Waals surface area contributed by atoms with Crippen LogP contribution in [0.4, 0.5) is 5.69 Å². The standard InChI is InChI=1S/C15H16N2O4/c16-6-1-2-7-21-11-5-3-4-10(8-11)17-14(18)12-9-13(12)15(19)20/h3-5,8,12-13H,1-2,7,9H2,(H,17,18)(H,19,20)/t12-,13+/m1/s1. The molecule has 2 atom stereocenters. The smallest absolute Gasteiger partial charge is 0.307 e. The van der Waals surface area contributed by atoms with Crippen LogP contribution < -0.4 is 10.1 Å². The summed E-state index contributed by atoms with van der Waals surface area (Å²) in [6, 6.07) is 8.95. The largest absolute Gasteiger partial charge is 0.493 e. The molecule has 0 radical (unpaired) electrons. The number of carbonyl (C=O) groups is 2. The highest BCUT2D eigenvalue weighted by atomic mass is 16.5. The maximum Gasteiger partial charge on any atom is 0.307 e. The lowest BCUT2D eigenvalue weighted by atomic mass is 10.2. The zero-order chi connectivity index (χ0) is 15.2. The summed E-state index contributed by atoms with van der Waals surface area (Å²) in [5, 5.41) is 19.9. The molecular weight excluding hydrogens is 272 g/mol. The fourth-order valence-electron chi connectivity index (χ4n) is 2.00. The van der Waals surface area contributed by atoms with Gasteiger partial charge in [0.2, 0.25) is 5.91 Å². The molecule has 1 aromatic carbocycles. The molecule has 1 saturated carbocycles. The van der Waals surface area contributed by atoms with Gasteiger partial charge in [-0.15, -0.1) is 0 Å². The highest BCUT2D eigenvalue weighted by molar-refractivity contribution is 5.98. The van der Waals surface area contributed by atoms with Crippen LogP contribution in [0.3, 0.4) is 0 Å². The number of rotatable bonds is 7. The van der Waals surface area contributed by atoms with Gasteiger partial charge in [-0.3, -0.25) is 9.59 Å². The average molecular weight is 288 g/mol. The van der Waals surface area contributed by atoms with E-state index in [1.807, 2.05) is 6.07 Å². The molecule has 0 bridgehead atoms. The summed E-state index contributed by atoms with van der Waals surface area (Å²) in [6.07, 6.45) is 1.48. The van der Waals surface area contributed by atoms with Gasteiger partial charge in [-0.2, -0.15) is 5.26 Å². The SMILES string of the molecule is N#CCCCOc1cccc(NC(=O)[C@@H]2C[C@@H]2C(=O)O)c1. The van der Waals surface area contributed by atoms with E-state index in [4.69, 9.17) is 15.1 Å². The molecule has 0 unspecified atom stereocenters. The van der Waals surface area contributed by atoms with Gasteiger partial charge in [0.15, 0.2) is 0 Å². The Morgan fingerprint density at radius 3 is 2.90 bits per heavy atom. The monoisotopic (exact) mass is 288 g/mol. The van der Waals surface area contributed by atoms with Gasteiger partial charge in [0, 0.05) is 18.2 Å². The van der Waals surface area contributed by atoms with Crippen molar-refractivity contribution in [3.63, 3.8) is 0 Å². The fraction of sp³-hybridized carbons (Fsp3) is 0.400. The van der Waals surface area contributed by atoms with Crippen molar-refractivity contribution in [1.82, 2.24) is 0 Å². The van der Waals surface area contributed by atoms with Crippen LogP contribution in [-0.4, -0.2) is 23.6 Å². The van der Waals surface area contributed by atoms with E-state index >= 15 is 0 Å². The summed E-state index contributed by atoms with van der Waals surface area (Å²) in [5.74, 6) is -1.59. The number of nitriles is 1. The van der Waals surface area contributed by atoms with Crippen molar-refractivity contribution in [2.75, 3.05) is 11.9 Å². The second-order valence-electron chi connectivity index (χ2n) is 4.91. The van der Waals surface area contributed by atoms with E-state index in [-0.39, 0.29) is 5.91 Å². The molecule has 2 rings (SSSR count). The number of aliphatic carboxylic acids is 1. The first-order valence-electron chi connectivity index (χ1n) is 6.75. The highest BCUT2D eigenvalue weighted by Gasteiger charge is 2.48. The van der Waals surface area contributed by atoms with Gasteiger partial charge >= 0.3 is 5.97 Å². The number of ether oxygens (including phenoxy) is 1. The minimum absolute atomic E-state index is 0.274. The first kappa shape index (κ1) is 14.9. The molecule has 0 aliphatic heterocycles. The highest BCUT2D eigenvalue weighted by Crippen LogP contribution is 2.39. The first-order valence-corrected chi connectivity index (χ1v) is 6.75. The third-order valence-electron chi connectivity index (χ3n) is 3.25. The summed E-state index contributed by atoms with van der Waals surface area (Å²) < 4.78 is 5.47. The van der Waals surface area contributed by atoms with Crippen molar-refractivity contribution in [2.24, 2.45) is 11.8 Å². The summed E-state index contributed by atoms with van der Waals surface area (Å²) in [6.45, 7) is 0.439. The van der Waals surface area contributed by atoms with E-state index in [2.05, 4.69) is 5.32 Å². The number of benzene rings is 1. The minimum atomic E-state index is -0.926. The normalized spacial score (nSPS) is 19.4. The Balaban J connectivity index is 1.85. The van der Waals surface area contributed by atoms with Crippen LogP contribution in [0, 0.1) is 23.2 Å². The lowest BCUT2D eigenvalue weighted by Crippen LogP contribution is -2.16. The molecule has 1 aliphatic rings. The van der Waals surface area contributed by atoms with Crippen molar-refractivity contribution in [3.8, 4) is 11.8 Å². The summed E-state index contributed by atoms with van der Waals surface area (Å²) in [7, 11) is 0. The lowest BCUT2D eigenvalue weighted by Gasteiger charge is -2.08. The molecule has 1 amide bonds. The van der Waals surface area contributed by atoms with Gasteiger partial charge in [0.05, 0.1) is 24.5 Å². The summed E-state index contributed by atoms with van der Waals surface area (Å²) >= 11 is 0. The van der Waals surface area contributed by atoms with Gasteiger partial charge in [-0.05, 0) is 25.0 Å². The molecule has 1 aliphatic carbocycles. The van der Waals surface area contributed by atoms with Crippen LogP contribution in [0.2, 0.25) is 0 Å². The number of carbonyl (C=O) groups excluding carboxylic acids is 1. The van der Waals surface area contributed by atoms with Crippen LogP contribution in [0.1, 0.15) is 19.3 Å². The molecule has 0 heterocycles. The average Bonchev–Trinajstić information content (AvgIpc) is 3.25. The number of hydrogen-bond donors (Lipinski definition) is 2. The van der Waals surface area contributed by atoms with Crippen LogP contribution in [0.5, 0.6) is 5.75 Å². The number of anilines is 1. The Kier molecular flexibility index (Phi) is 4.77. The molecule has 0 spiro atoms. The van der Waals surface area contributed by atoms with E-state index < -0.39 is 17.8 Å². The lowest BCUT2D eigenvalue weighted by molar-refractivity contribution is -0.139. The first-order chi connectivity index (χ1) is 10.1. The van der Waals surface area contributed by atoms with Crippen molar-refractivity contribution in [1.29, 1.82) is 5.26 Å². The number of amides is 1. The third-order valence-corrected chi connectivity index (χ3v) is 3.25. The molecule has 1 fully saturated rings. The Hall–Kier alpha value is -2.55. The molecule has 6 nitrogen and oxygen atoms in total. The van der Waals surface area contributed by atoms with Crippen molar-refractivity contribution in [2.45, 2.75) is 19.3 Å². The zero-order valence-corrected chi connectivity index (χ0v) is 11.4. The van der Waals surface area contributed by atoms with Crippen molar-refractivity contribution in [3.05, 3.63) is 24.3 Å². The van der Waals surface area contributed by atoms with Gasteiger partial charge in [0.1, 0.15) is 5.75 Å². The minimum Gasteiger partial charge on any atom is -0.493 e. The zero-order valence-electron chi connectivity index (χ0n) is 11.4. The fourth-order valence-corrected chi connectivity index (χ4v) is 2.00. The number of carboxylic acids is 1. The molecule has 21 heavy (non-hydrogen) atoms. The van der Waals surface area contributed by atoms with Crippen LogP contribution in [0.25, 0.3) is 0 Å². The second-order valence-corrected chi connectivity index (χ2v) is 4.91. The van der Waals surface area contributed by atoms with E-state index in [1.165, 1.54) is 0 Å². The quantitative estimate of drug-likeness (QED) is 0.748. The Morgan fingerprint density at radius 2 is 2.24 bits per heavy atom. The van der Waals surface area contributed by atoms with Crippen LogP contribution in [-0.2, 0) is 9.59 Å². The number of nitrogens with one attached hydrogen (secondary N) is 1. The number of hydrogen-bond acceptors (Lipinski definition) is 4. The molecule has 110 valence electrons. The van der Waals surface area contributed by atoms with Crippen molar-refractivity contribution < 1.29 is 19.4 Å². The van der Waals surface area contributed by atoms with Gasteiger partial charge in [0.25, 0.3) is 0 Å². The number of unbranched alkanes of at least 4 members (excludes halogenated alkanes) is 1. The van der Waals surface area contributed by atoms with Gasteiger partial charge in [-0.25, -0.2) is 0 Å². The van der Waals surface area contributed by atoms with Gasteiger partial charge < -0.3 is 15.2 Å². The third kappa shape index (κ3) is 4.21. The summed E-state index contributed by atoms with van der Waals surface area (Å²) in [5.41, 5.74) is 0.578. The second kappa shape index (κ2) is 6.75. The predicted molar refractivity (Wildman–Crippen MR) is 74.6 cm³/mol. The molecule has 6 heteroatoms. The topological polar surface area (TPSA) is 99.4 Å². The predicted octanol–water partition coefficient (Wildman–Crippen LogP) is 2.03. The maximum atomic E-state index is 11.8. The molecule has 2 N–H and O–H groups in total. The van der Waals surface area contributed by atoms with Crippen molar-refractivity contribution >= 4 is 17.6 Å². The van der Waals surface area contributed by atoms with Crippen LogP contribution in [0.15, 0.2) is 24.3 Å². The molecule has 1 aromatic rings. The molecule has 0 saturated heterocycles. The number of carboxylic acid groups (broad SMARTS) is 1. The molecular formula is C15H16N2O4. The van der Waals surface area contributed by atoms with Gasteiger partial charge in [-0.1, -0.05) is 6.07 Å². The van der Waals surface area contributed by atoms with E-state index in [9.17, 15) is 9.59 Å². The Morgan fingerprint density at radius 1 is 1.43 bits per heavy atom. The maximum absolute atomic E-state index is 11.8.